The summed E-state index contributed by atoms with van der Waals surface area (Å²) >= 11 is 0. The molecule has 0 aliphatic carbocycles. The average molecular weight is 274 g/mol. The minimum Gasteiger partial charge on any atom is -0.481 e. The van der Waals surface area contributed by atoms with Gasteiger partial charge in [-0.1, -0.05) is 26.0 Å². The standard InChI is InChI=1S/C14H18N4O2/c1-3-14(4-2,12(19)20)9-15-13-16-10-7-5-6-8-11(10)17-18-13/h5-8H,3-4,9H2,1-2H3,(H,19,20)(H,15,16,18). The molecular formula is C14H18N4O2. The Morgan fingerprint density at radius 2 is 1.85 bits per heavy atom. The van der Waals surface area contributed by atoms with Gasteiger partial charge in [-0.05, 0) is 25.0 Å². The molecule has 2 rings (SSSR count). The van der Waals surface area contributed by atoms with Crippen LogP contribution in [0.25, 0.3) is 11.0 Å². The number of hydrogen-bond donors (Lipinski definition) is 2. The molecule has 0 aliphatic rings. The lowest BCUT2D eigenvalue weighted by atomic mass is 9.82. The van der Waals surface area contributed by atoms with E-state index in [-0.39, 0.29) is 6.54 Å². The van der Waals surface area contributed by atoms with Gasteiger partial charge in [-0.3, -0.25) is 4.79 Å². The van der Waals surface area contributed by atoms with Crippen LogP contribution < -0.4 is 5.32 Å². The lowest BCUT2D eigenvalue weighted by molar-refractivity contribution is -0.148. The first-order valence-corrected chi connectivity index (χ1v) is 6.68. The number of carboxylic acids is 1. The van der Waals surface area contributed by atoms with Crippen LogP contribution in [0.2, 0.25) is 0 Å². The predicted molar refractivity (Wildman–Crippen MR) is 76.5 cm³/mol. The van der Waals surface area contributed by atoms with Crippen LogP contribution in [0, 0.1) is 5.41 Å². The fraction of sp³-hybridized carbons (Fsp3) is 0.429. The molecule has 20 heavy (non-hydrogen) atoms. The smallest absolute Gasteiger partial charge is 0.311 e. The molecule has 0 bridgehead atoms. The van der Waals surface area contributed by atoms with Crippen LogP contribution in [-0.4, -0.2) is 32.8 Å². The van der Waals surface area contributed by atoms with Gasteiger partial charge < -0.3 is 10.4 Å². The number of carboxylic acid groups (broad SMARTS) is 1. The molecule has 0 unspecified atom stereocenters. The first kappa shape index (κ1) is 14.2. The third kappa shape index (κ3) is 2.68. The highest BCUT2D eigenvalue weighted by molar-refractivity contribution is 5.76. The van der Waals surface area contributed by atoms with Gasteiger partial charge >= 0.3 is 5.97 Å². The van der Waals surface area contributed by atoms with Crippen molar-refractivity contribution in [2.45, 2.75) is 26.7 Å². The van der Waals surface area contributed by atoms with E-state index in [1.54, 1.807) is 0 Å². The van der Waals surface area contributed by atoms with Crippen molar-refractivity contribution < 1.29 is 9.90 Å². The maximum absolute atomic E-state index is 11.4. The van der Waals surface area contributed by atoms with Crippen LogP contribution in [0.3, 0.4) is 0 Å². The molecule has 0 saturated heterocycles. The molecule has 2 aromatic rings. The molecule has 0 saturated carbocycles. The van der Waals surface area contributed by atoms with Crippen molar-refractivity contribution in [3.63, 3.8) is 0 Å². The Balaban J connectivity index is 2.17. The van der Waals surface area contributed by atoms with Crippen molar-refractivity contribution >= 4 is 23.0 Å². The number of nitrogens with one attached hydrogen (secondary N) is 1. The summed E-state index contributed by atoms with van der Waals surface area (Å²) in [6.07, 6.45) is 1.10. The van der Waals surface area contributed by atoms with Crippen molar-refractivity contribution in [2.75, 3.05) is 11.9 Å². The molecule has 1 heterocycles. The van der Waals surface area contributed by atoms with Gasteiger partial charge in [0.1, 0.15) is 5.52 Å². The summed E-state index contributed by atoms with van der Waals surface area (Å²) in [5.74, 6) is -0.444. The molecule has 6 nitrogen and oxygen atoms in total. The van der Waals surface area contributed by atoms with Crippen LogP contribution in [0.15, 0.2) is 24.3 Å². The van der Waals surface area contributed by atoms with Crippen molar-refractivity contribution in [1.29, 1.82) is 0 Å². The van der Waals surface area contributed by atoms with Gasteiger partial charge in [0.15, 0.2) is 0 Å². The zero-order valence-electron chi connectivity index (χ0n) is 11.6. The number of aliphatic carboxylic acids is 1. The molecule has 1 aromatic heterocycles. The van der Waals surface area contributed by atoms with Gasteiger partial charge in [-0.2, -0.15) is 0 Å². The van der Waals surface area contributed by atoms with E-state index in [0.29, 0.717) is 24.3 Å². The van der Waals surface area contributed by atoms with E-state index in [0.717, 1.165) is 5.52 Å². The summed E-state index contributed by atoms with van der Waals surface area (Å²) in [7, 11) is 0. The fourth-order valence-corrected chi connectivity index (χ4v) is 2.08. The Morgan fingerprint density at radius 1 is 1.20 bits per heavy atom. The highest BCUT2D eigenvalue weighted by Gasteiger charge is 2.34. The largest absolute Gasteiger partial charge is 0.481 e. The summed E-state index contributed by atoms with van der Waals surface area (Å²) in [6.45, 7) is 4.03. The van der Waals surface area contributed by atoms with Crippen molar-refractivity contribution in [3.8, 4) is 0 Å². The Bertz CT molecular complexity index is 611. The van der Waals surface area contributed by atoms with E-state index in [1.807, 2.05) is 38.1 Å². The fourth-order valence-electron chi connectivity index (χ4n) is 2.08. The highest BCUT2D eigenvalue weighted by atomic mass is 16.4. The molecule has 1 aromatic carbocycles. The predicted octanol–water partition coefficient (Wildman–Crippen LogP) is 2.33. The quantitative estimate of drug-likeness (QED) is 0.840. The normalized spacial score (nSPS) is 11.5. The molecule has 0 fully saturated rings. The number of aromatic nitrogens is 3. The zero-order valence-corrected chi connectivity index (χ0v) is 11.6. The topological polar surface area (TPSA) is 88.0 Å². The molecule has 0 aliphatic heterocycles. The van der Waals surface area contributed by atoms with E-state index in [4.69, 9.17) is 0 Å². The van der Waals surface area contributed by atoms with Crippen LogP contribution in [0.4, 0.5) is 5.95 Å². The maximum Gasteiger partial charge on any atom is 0.311 e. The molecule has 6 heteroatoms. The minimum atomic E-state index is -0.802. The second-order valence-electron chi connectivity index (χ2n) is 4.77. The van der Waals surface area contributed by atoms with Crippen molar-refractivity contribution in [2.24, 2.45) is 5.41 Å². The first-order chi connectivity index (χ1) is 9.61. The van der Waals surface area contributed by atoms with Crippen LogP contribution >= 0.6 is 0 Å². The summed E-state index contributed by atoms with van der Waals surface area (Å²) in [4.78, 5) is 15.7. The van der Waals surface area contributed by atoms with Crippen molar-refractivity contribution in [1.82, 2.24) is 15.2 Å². The number of nitrogens with zero attached hydrogens (tertiary/aromatic N) is 3. The lowest BCUT2D eigenvalue weighted by Crippen LogP contribution is -2.37. The highest BCUT2D eigenvalue weighted by Crippen LogP contribution is 2.26. The van der Waals surface area contributed by atoms with Crippen molar-refractivity contribution in [3.05, 3.63) is 24.3 Å². The molecule has 0 spiro atoms. The van der Waals surface area contributed by atoms with Gasteiger partial charge in [0, 0.05) is 6.54 Å². The SMILES string of the molecule is CCC(CC)(CNc1nnc2ccccc2n1)C(=O)O. The minimum absolute atomic E-state index is 0.287. The van der Waals surface area contributed by atoms with E-state index in [2.05, 4.69) is 20.5 Å². The summed E-state index contributed by atoms with van der Waals surface area (Å²) in [5, 5.41) is 20.4. The molecular weight excluding hydrogens is 256 g/mol. The first-order valence-electron chi connectivity index (χ1n) is 6.68. The van der Waals surface area contributed by atoms with Crippen LogP contribution in [0.1, 0.15) is 26.7 Å². The number of rotatable bonds is 6. The lowest BCUT2D eigenvalue weighted by Gasteiger charge is -2.26. The van der Waals surface area contributed by atoms with Gasteiger partial charge in [-0.25, -0.2) is 4.98 Å². The zero-order chi connectivity index (χ0) is 14.6. The summed E-state index contributed by atoms with van der Waals surface area (Å²) in [6, 6.07) is 7.42. The molecule has 106 valence electrons. The number of carbonyl (C=O) groups is 1. The second-order valence-corrected chi connectivity index (χ2v) is 4.77. The Labute approximate surface area is 117 Å². The third-order valence-electron chi connectivity index (χ3n) is 3.75. The number of anilines is 1. The van der Waals surface area contributed by atoms with Gasteiger partial charge in [0.2, 0.25) is 5.95 Å². The Kier molecular flexibility index (Phi) is 4.12. The van der Waals surface area contributed by atoms with Crippen LogP contribution in [0.5, 0.6) is 0 Å². The number of fused-ring (bicyclic) bond motifs is 1. The summed E-state index contributed by atoms with van der Waals surface area (Å²) < 4.78 is 0. The number of hydrogen-bond acceptors (Lipinski definition) is 5. The Hall–Kier alpha value is -2.24. The molecule has 2 N–H and O–H groups in total. The Morgan fingerprint density at radius 3 is 2.45 bits per heavy atom. The summed E-state index contributed by atoms with van der Waals surface area (Å²) in [5.41, 5.74) is 0.655. The number of para-hydroxylation sites is 1. The van der Waals surface area contributed by atoms with Gasteiger partial charge in [0.05, 0.1) is 10.9 Å². The van der Waals surface area contributed by atoms with E-state index in [1.165, 1.54) is 0 Å². The second kappa shape index (κ2) is 5.81. The average Bonchev–Trinajstić information content (AvgIpc) is 2.48. The monoisotopic (exact) mass is 274 g/mol. The van der Waals surface area contributed by atoms with Gasteiger partial charge in [-0.15, -0.1) is 10.2 Å². The third-order valence-corrected chi connectivity index (χ3v) is 3.75. The molecule has 0 radical (unpaired) electrons. The van der Waals surface area contributed by atoms with E-state index < -0.39 is 11.4 Å². The van der Waals surface area contributed by atoms with Crippen LogP contribution in [-0.2, 0) is 4.79 Å². The molecule has 0 amide bonds. The molecule has 0 atom stereocenters. The van der Waals surface area contributed by atoms with Gasteiger partial charge in [0.25, 0.3) is 0 Å². The maximum atomic E-state index is 11.4. The van der Waals surface area contributed by atoms with E-state index >= 15 is 0 Å². The van der Waals surface area contributed by atoms with E-state index in [9.17, 15) is 9.90 Å². The number of benzene rings is 1.